The molecule has 1 aromatic rings. The Morgan fingerprint density at radius 3 is 2.33 bits per heavy atom. The fourth-order valence-corrected chi connectivity index (χ4v) is 7.64. The minimum atomic E-state index is -2.12. The van der Waals surface area contributed by atoms with Crippen LogP contribution in [0.4, 0.5) is 0 Å². The quantitative estimate of drug-likeness (QED) is 0.0910. The Morgan fingerprint density at radius 2 is 1.71 bits per heavy atom. The van der Waals surface area contributed by atoms with Gasteiger partial charge in [0.1, 0.15) is 17.8 Å². The highest BCUT2D eigenvalue weighted by Crippen LogP contribution is 2.48. The lowest BCUT2D eigenvalue weighted by Crippen LogP contribution is -2.45. The topological polar surface area (TPSA) is 72.5 Å². The SMILES string of the molecule is CC(C)(C)[Si](C)(C)O[C@@H]1C[C@H](OC2CCCCO2)[C@H](/C(=C\CCOc2ccccc2Br)OC2CCCCO2)[C@@H]1CC=O. The first-order valence-corrected chi connectivity index (χ1v) is 19.5. The van der Waals surface area contributed by atoms with Crippen molar-refractivity contribution in [1.82, 2.24) is 0 Å². The number of benzene rings is 1. The van der Waals surface area contributed by atoms with Crippen LogP contribution in [0.3, 0.4) is 0 Å². The third-order valence-corrected chi connectivity index (χ3v) is 14.3. The van der Waals surface area contributed by atoms with Gasteiger partial charge >= 0.3 is 0 Å². The van der Waals surface area contributed by atoms with Crippen LogP contribution in [0.15, 0.2) is 40.6 Å². The standard InChI is InChI=1S/C33H51BrO7Si/c1-33(2,3)42(4,5)41-28-23-29(40-31-17-9-11-21-38-31)32(24(28)18-19-35)27(39-30-16-8-10-20-37-30)15-12-22-36-26-14-7-6-13-25(26)34/h6-7,13-15,19,24,28-32H,8-12,16-18,20-23H2,1-5H3/b27-15+/t24-,28-,29+,30?,31?,32+/m1/s1. The number of aldehydes is 1. The molecule has 0 spiro atoms. The Labute approximate surface area is 262 Å². The van der Waals surface area contributed by atoms with Gasteiger partial charge in [-0.15, -0.1) is 0 Å². The van der Waals surface area contributed by atoms with Crippen molar-refractivity contribution in [2.75, 3.05) is 19.8 Å². The van der Waals surface area contributed by atoms with Crippen molar-refractivity contribution in [1.29, 1.82) is 0 Å². The first-order valence-electron chi connectivity index (χ1n) is 15.8. The van der Waals surface area contributed by atoms with Gasteiger partial charge in [0.2, 0.25) is 0 Å². The van der Waals surface area contributed by atoms with Gasteiger partial charge in [0, 0.05) is 37.7 Å². The van der Waals surface area contributed by atoms with Gasteiger partial charge < -0.3 is 32.9 Å². The second kappa shape index (κ2) is 15.7. The Bertz CT molecular complexity index is 1010. The van der Waals surface area contributed by atoms with Crippen LogP contribution in [-0.2, 0) is 28.2 Å². The predicted molar refractivity (Wildman–Crippen MR) is 170 cm³/mol. The maximum atomic E-state index is 12.2. The molecule has 236 valence electrons. The first-order chi connectivity index (χ1) is 20.1. The average molecular weight is 668 g/mol. The zero-order valence-corrected chi connectivity index (χ0v) is 28.7. The van der Waals surface area contributed by atoms with Crippen LogP contribution in [0, 0.1) is 11.8 Å². The molecule has 2 heterocycles. The van der Waals surface area contributed by atoms with Gasteiger partial charge in [0.05, 0.1) is 29.9 Å². The van der Waals surface area contributed by atoms with E-state index < -0.39 is 8.32 Å². The summed E-state index contributed by atoms with van der Waals surface area (Å²) < 4.78 is 39.5. The summed E-state index contributed by atoms with van der Waals surface area (Å²) in [6, 6.07) is 7.86. The third kappa shape index (κ3) is 9.14. The molecule has 0 N–H and O–H groups in total. The highest BCUT2D eigenvalue weighted by Gasteiger charge is 2.51. The Morgan fingerprint density at radius 1 is 1.02 bits per heavy atom. The van der Waals surface area contributed by atoms with Crippen molar-refractivity contribution in [2.24, 2.45) is 11.8 Å². The number of carbonyl (C=O) groups excluding carboxylic acids is 1. The fourth-order valence-electron chi connectivity index (χ4n) is 5.86. The van der Waals surface area contributed by atoms with Crippen LogP contribution in [0.2, 0.25) is 18.1 Å². The molecule has 0 aromatic heterocycles. The van der Waals surface area contributed by atoms with Crippen molar-refractivity contribution in [3.63, 3.8) is 0 Å². The Hall–Kier alpha value is -1.23. The molecular weight excluding hydrogens is 616 g/mol. The molecule has 2 unspecified atom stereocenters. The van der Waals surface area contributed by atoms with Gasteiger partial charge in [0.15, 0.2) is 20.9 Å². The summed E-state index contributed by atoms with van der Waals surface area (Å²) in [7, 11) is -2.12. The van der Waals surface area contributed by atoms with Crippen LogP contribution < -0.4 is 4.74 Å². The summed E-state index contributed by atoms with van der Waals surface area (Å²) in [6.07, 6.45) is 10.0. The number of halogens is 1. The normalized spacial score (nSPS) is 29.3. The highest BCUT2D eigenvalue weighted by molar-refractivity contribution is 9.10. The van der Waals surface area contributed by atoms with Gasteiger partial charge in [-0.25, -0.2) is 0 Å². The molecule has 6 atom stereocenters. The number of carbonyl (C=O) groups is 1. The van der Waals surface area contributed by atoms with E-state index in [9.17, 15) is 4.79 Å². The number of rotatable bonds is 13. The minimum absolute atomic E-state index is 0.0494. The molecule has 3 fully saturated rings. The van der Waals surface area contributed by atoms with E-state index in [2.05, 4.69) is 55.9 Å². The summed E-state index contributed by atoms with van der Waals surface area (Å²) in [5, 5.41) is 0.0494. The van der Waals surface area contributed by atoms with Crippen molar-refractivity contribution < 1.29 is 32.9 Å². The second-order valence-corrected chi connectivity index (χ2v) is 18.9. The zero-order valence-electron chi connectivity index (χ0n) is 26.1. The molecule has 0 radical (unpaired) electrons. The molecule has 2 saturated heterocycles. The fraction of sp³-hybridized carbons (Fsp3) is 0.727. The van der Waals surface area contributed by atoms with Crippen LogP contribution in [0.25, 0.3) is 0 Å². The van der Waals surface area contributed by atoms with E-state index in [1.54, 1.807) is 0 Å². The van der Waals surface area contributed by atoms with E-state index in [-0.39, 0.29) is 41.7 Å². The van der Waals surface area contributed by atoms with Gasteiger partial charge in [-0.2, -0.15) is 0 Å². The summed E-state index contributed by atoms with van der Waals surface area (Å²) >= 11 is 3.57. The summed E-state index contributed by atoms with van der Waals surface area (Å²) in [5.74, 6) is 1.42. The molecule has 42 heavy (non-hydrogen) atoms. The molecule has 7 nitrogen and oxygen atoms in total. The van der Waals surface area contributed by atoms with E-state index >= 15 is 0 Å². The smallest absolute Gasteiger partial charge is 0.199 e. The number of hydrogen-bond donors (Lipinski definition) is 0. The molecule has 4 rings (SSSR count). The number of hydrogen-bond acceptors (Lipinski definition) is 7. The summed E-state index contributed by atoms with van der Waals surface area (Å²) in [4.78, 5) is 12.2. The molecular formula is C33H51BrO7Si. The maximum absolute atomic E-state index is 12.2. The minimum Gasteiger partial charge on any atom is -0.492 e. The number of ether oxygens (including phenoxy) is 5. The predicted octanol–water partition coefficient (Wildman–Crippen LogP) is 8.17. The van der Waals surface area contributed by atoms with Crippen LogP contribution >= 0.6 is 15.9 Å². The Kier molecular flexibility index (Phi) is 12.6. The summed E-state index contributed by atoms with van der Waals surface area (Å²) in [5.41, 5.74) is 0. The third-order valence-electron chi connectivity index (χ3n) is 9.18. The van der Waals surface area contributed by atoms with Crippen molar-refractivity contribution in [3.05, 3.63) is 40.6 Å². The van der Waals surface area contributed by atoms with E-state index in [0.29, 0.717) is 39.1 Å². The van der Waals surface area contributed by atoms with Gasteiger partial charge in [-0.05, 0) is 90.8 Å². The highest BCUT2D eigenvalue weighted by atomic mass is 79.9. The van der Waals surface area contributed by atoms with Crippen molar-refractivity contribution in [3.8, 4) is 5.75 Å². The van der Waals surface area contributed by atoms with Crippen LogP contribution in [0.1, 0.15) is 78.6 Å². The molecule has 1 aliphatic carbocycles. The molecule has 3 aliphatic rings. The van der Waals surface area contributed by atoms with Crippen molar-refractivity contribution in [2.45, 2.75) is 121 Å². The van der Waals surface area contributed by atoms with Gasteiger partial charge in [0.25, 0.3) is 0 Å². The zero-order chi connectivity index (χ0) is 30.2. The lowest BCUT2D eigenvalue weighted by atomic mass is 9.88. The first kappa shape index (κ1) is 33.7. The molecule has 1 saturated carbocycles. The maximum Gasteiger partial charge on any atom is 0.199 e. The Balaban J connectivity index is 1.62. The van der Waals surface area contributed by atoms with Crippen LogP contribution in [-0.4, -0.2) is 59.2 Å². The summed E-state index contributed by atoms with van der Waals surface area (Å²) in [6.45, 7) is 13.2. The molecule has 0 bridgehead atoms. The number of para-hydroxylation sites is 1. The molecule has 0 amide bonds. The lowest BCUT2D eigenvalue weighted by molar-refractivity contribution is -0.201. The molecule has 9 heteroatoms. The van der Waals surface area contributed by atoms with Gasteiger partial charge in [-0.3, -0.25) is 0 Å². The molecule has 1 aromatic carbocycles. The van der Waals surface area contributed by atoms with E-state index in [1.807, 2.05) is 24.3 Å². The van der Waals surface area contributed by atoms with E-state index in [4.69, 9.17) is 28.1 Å². The monoisotopic (exact) mass is 666 g/mol. The van der Waals surface area contributed by atoms with E-state index in [1.165, 1.54) is 0 Å². The van der Waals surface area contributed by atoms with E-state index in [0.717, 1.165) is 60.8 Å². The van der Waals surface area contributed by atoms with Crippen molar-refractivity contribution >= 4 is 30.5 Å². The lowest BCUT2D eigenvalue weighted by Gasteiger charge is -2.40. The second-order valence-electron chi connectivity index (χ2n) is 13.3. The average Bonchev–Trinajstić information content (AvgIpc) is 3.27. The largest absolute Gasteiger partial charge is 0.492 e. The molecule has 2 aliphatic heterocycles. The van der Waals surface area contributed by atoms with Gasteiger partial charge in [-0.1, -0.05) is 32.9 Å². The van der Waals surface area contributed by atoms with Crippen LogP contribution in [0.5, 0.6) is 5.75 Å².